The van der Waals surface area contributed by atoms with E-state index in [0.717, 1.165) is 41.4 Å². The Kier molecular flexibility index (Phi) is 11.3. The van der Waals surface area contributed by atoms with Crippen LogP contribution in [0.25, 0.3) is 0 Å². The molecule has 0 radical (unpaired) electrons. The molecule has 38 heavy (non-hydrogen) atoms. The number of aromatic nitrogens is 1. The number of β-amino-alcohol motifs (C(OH)–C–C–N with tert-alkyl or cyclic N) is 1. The summed E-state index contributed by atoms with van der Waals surface area (Å²) in [5.74, 6) is -1.09. The number of pyridine rings is 1. The number of alkyl halides is 3. The van der Waals surface area contributed by atoms with Crippen molar-refractivity contribution < 1.29 is 36.6 Å². The number of likely N-dealkylation sites (N-methyl/N-ethyl adjacent to an activating group) is 1. The summed E-state index contributed by atoms with van der Waals surface area (Å²) in [5.41, 5.74) is -0.427. The number of nitrogens with zero attached hydrogens (tertiary/aromatic N) is 2. The van der Waals surface area contributed by atoms with E-state index < -0.39 is 38.7 Å². The average molecular weight is 560 g/mol. The first-order chi connectivity index (χ1) is 17.6. The number of aliphatic hydroxyl groups excluding tert-OH is 1. The van der Waals surface area contributed by atoms with Gasteiger partial charge in [0.05, 0.1) is 16.6 Å². The highest BCUT2D eigenvalue weighted by Gasteiger charge is 2.34. The smallest absolute Gasteiger partial charge is 0.416 e. The van der Waals surface area contributed by atoms with Crippen molar-refractivity contribution in [2.45, 2.75) is 75.1 Å². The second kappa shape index (κ2) is 13.5. The molecule has 1 aromatic heterocycles. The highest BCUT2D eigenvalue weighted by atomic mass is 32.2. The topological polar surface area (TPSA) is 120 Å². The van der Waals surface area contributed by atoms with Crippen molar-refractivity contribution in [3.63, 3.8) is 0 Å². The predicted molar refractivity (Wildman–Crippen MR) is 137 cm³/mol. The molecular weight excluding hydrogens is 523 g/mol. The third-order valence-electron chi connectivity index (χ3n) is 6.10. The number of halogens is 3. The molecule has 0 aliphatic rings. The number of aliphatic carboxylic acids is 1. The molecule has 2 aromatic rings. The number of aliphatic hydroxyl groups is 1. The maximum absolute atomic E-state index is 13.4. The SMILES string of the molecule is CN(CC(O)CNC(C)(C)CCCc1ccccn1)S(=O)(=O)c1cc(CCCC(=O)O)cc(C(F)(F)F)c1. The van der Waals surface area contributed by atoms with Crippen LogP contribution in [0.2, 0.25) is 0 Å². The first kappa shape index (κ1) is 31.7. The van der Waals surface area contributed by atoms with Crippen LogP contribution in [0, 0.1) is 0 Å². The number of hydrogen-bond donors (Lipinski definition) is 3. The number of carboxylic acids is 1. The van der Waals surface area contributed by atoms with Crippen LogP contribution in [-0.2, 0) is 33.8 Å². The van der Waals surface area contributed by atoms with Crippen LogP contribution in [0.3, 0.4) is 0 Å². The molecule has 0 amide bonds. The molecule has 0 fully saturated rings. The maximum atomic E-state index is 13.4. The molecule has 0 saturated carbocycles. The third kappa shape index (κ3) is 10.3. The van der Waals surface area contributed by atoms with Gasteiger partial charge in [-0.3, -0.25) is 9.78 Å². The lowest BCUT2D eigenvalue weighted by atomic mass is 9.96. The lowest BCUT2D eigenvalue weighted by molar-refractivity contribution is -0.138. The van der Waals surface area contributed by atoms with Gasteiger partial charge in [0.15, 0.2) is 0 Å². The summed E-state index contributed by atoms with van der Waals surface area (Å²) in [6.45, 7) is 3.68. The van der Waals surface area contributed by atoms with Crippen molar-refractivity contribution in [3.05, 3.63) is 59.4 Å². The fraction of sp³-hybridized carbons (Fsp3) is 0.538. The van der Waals surface area contributed by atoms with Crippen molar-refractivity contribution in [1.82, 2.24) is 14.6 Å². The van der Waals surface area contributed by atoms with E-state index in [9.17, 15) is 31.5 Å². The number of carbonyl (C=O) groups is 1. The first-order valence-corrected chi connectivity index (χ1v) is 13.8. The van der Waals surface area contributed by atoms with Gasteiger partial charge < -0.3 is 15.5 Å². The van der Waals surface area contributed by atoms with Gasteiger partial charge in [0.2, 0.25) is 10.0 Å². The van der Waals surface area contributed by atoms with Crippen LogP contribution in [0.15, 0.2) is 47.5 Å². The molecule has 12 heteroatoms. The summed E-state index contributed by atoms with van der Waals surface area (Å²) in [5, 5.41) is 22.5. The Hall–Kier alpha value is -2.54. The standard InChI is InChI=1S/C26H36F3N3O5S/c1-25(2,12-7-10-21-9-4-5-13-30-21)31-17-22(33)18-32(3)38(36,37)23-15-19(8-6-11-24(34)35)14-20(16-23)26(27,28)29/h4-5,9,13-16,22,31,33H,6-8,10-12,17-18H2,1-3H3,(H,34,35). The molecule has 1 aromatic carbocycles. The number of aryl methyl sites for hydroxylation is 2. The Morgan fingerprint density at radius 2 is 1.84 bits per heavy atom. The first-order valence-electron chi connectivity index (χ1n) is 12.3. The van der Waals surface area contributed by atoms with Gasteiger partial charge in [0, 0.05) is 44.0 Å². The van der Waals surface area contributed by atoms with Gasteiger partial charge in [-0.05, 0) is 81.8 Å². The molecule has 0 aliphatic carbocycles. The zero-order chi connectivity index (χ0) is 28.6. The lowest BCUT2D eigenvalue weighted by Gasteiger charge is -2.29. The lowest BCUT2D eigenvalue weighted by Crippen LogP contribution is -2.46. The minimum Gasteiger partial charge on any atom is -0.481 e. The predicted octanol–water partition coefficient (Wildman–Crippen LogP) is 3.88. The fourth-order valence-corrected chi connectivity index (χ4v) is 5.25. The van der Waals surface area contributed by atoms with Gasteiger partial charge >= 0.3 is 12.1 Å². The summed E-state index contributed by atoms with van der Waals surface area (Å²) in [7, 11) is -3.16. The molecule has 0 bridgehead atoms. The summed E-state index contributed by atoms with van der Waals surface area (Å²) in [6, 6.07) is 8.23. The van der Waals surface area contributed by atoms with E-state index >= 15 is 0 Å². The van der Waals surface area contributed by atoms with Gasteiger partial charge in [-0.2, -0.15) is 17.5 Å². The normalized spacial score (nSPS) is 13.6. The molecule has 8 nitrogen and oxygen atoms in total. The maximum Gasteiger partial charge on any atom is 0.416 e. The zero-order valence-electron chi connectivity index (χ0n) is 21.8. The van der Waals surface area contributed by atoms with Crippen LogP contribution >= 0.6 is 0 Å². The van der Waals surface area contributed by atoms with Crippen LogP contribution in [-0.4, -0.2) is 65.7 Å². The average Bonchev–Trinajstić information content (AvgIpc) is 2.82. The number of hydrogen-bond acceptors (Lipinski definition) is 6. The molecule has 1 heterocycles. The molecule has 2 rings (SSSR count). The van der Waals surface area contributed by atoms with Crippen molar-refractivity contribution in [2.75, 3.05) is 20.1 Å². The Morgan fingerprint density at radius 3 is 2.45 bits per heavy atom. The largest absolute Gasteiger partial charge is 0.481 e. The van der Waals surface area contributed by atoms with E-state index in [0.29, 0.717) is 6.07 Å². The molecular formula is C26H36F3N3O5S. The minimum absolute atomic E-state index is 0.0234. The molecule has 1 unspecified atom stereocenters. The molecule has 212 valence electrons. The van der Waals surface area contributed by atoms with E-state index in [4.69, 9.17) is 5.11 Å². The van der Waals surface area contributed by atoms with E-state index in [1.165, 1.54) is 7.05 Å². The quantitative estimate of drug-likeness (QED) is 0.303. The van der Waals surface area contributed by atoms with Crippen molar-refractivity contribution in [3.8, 4) is 0 Å². The van der Waals surface area contributed by atoms with Crippen molar-refractivity contribution in [2.24, 2.45) is 0 Å². The highest BCUT2D eigenvalue weighted by Crippen LogP contribution is 2.33. The third-order valence-corrected chi connectivity index (χ3v) is 7.90. The van der Waals surface area contributed by atoms with Crippen LogP contribution in [0.1, 0.15) is 56.4 Å². The summed E-state index contributed by atoms with van der Waals surface area (Å²) in [4.78, 5) is 14.5. The molecule has 3 N–H and O–H groups in total. The number of benzene rings is 1. The van der Waals surface area contributed by atoms with E-state index in [1.54, 1.807) is 6.20 Å². The van der Waals surface area contributed by atoms with Crippen molar-refractivity contribution >= 4 is 16.0 Å². The van der Waals surface area contributed by atoms with Crippen LogP contribution in [0.4, 0.5) is 13.2 Å². The summed E-state index contributed by atoms with van der Waals surface area (Å²) in [6.07, 6.45) is -1.94. The molecule has 1 atom stereocenters. The van der Waals surface area contributed by atoms with E-state index in [2.05, 4.69) is 10.3 Å². The second-order valence-electron chi connectivity index (χ2n) is 9.99. The Bertz CT molecular complexity index is 1160. The van der Waals surface area contributed by atoms with Crippen LogP contribution in [0.5, 0.6) is 0 Å². The number of sulfonamides is 1. The Balaban J connectivity index is 2.01. The number of rotatable bonds is 15. The summed E-state index contributed by atoms with van der Waals surface area (Å²) >= 11 is 0. The number of carboxylic acid groups (broad SMARTS) is 1. The van der Waals surface area contributed by atoms with E-state index in [1.807, 2.05) is 32.0 Å². The zero-order valence-corrected chi connectivity index (χ0v) is 22.6. The minimum atomic E-state index is -4.78. The Labute approximate surface area is 221 Å². The van der Waals surface area contributed by atoms with Gasteiger partial charge in [0.25, 0.3) is 0 Å². The van der Waals surface area contributed by atoms with Crippen molar-refractivity contribution in [1.29, 1.82) is 0 Å². The molecule has 0 spiro atoms. The highest BCUT2D eigenvalue weighted by molar-refractivity contribution is 7.89. The van der Waals surface area contributed by atoms with Gasteiger partial charge in [-0.25, -0.2) is 8.42 Å². The van der Waals surface area contributed by atoms with Gasteiger partial charge in [-0.1, -0.05) is 6.07 Å². The van der Waals surface area contributed by atoms with E-state index in [-0.39, 0.29) is 43.5 Å². The molecule has 0 aliphatic heterocycles. The monoisotopic (exact) mass is 559 g/mol. The second-order valence-corrected chi connectivity index (χ2v) is 12.0. The van der Waals surface area contributed by atoms with Crippen LogP contribution < -0.4 is 5.32 Å². The molecule has 0 saturated heterocycles. The Morgan fingerprint density at radius 1 is 1.13 bits per heavy atom. The van der Waals surface area contributed by atoms with Gasteiger partial charge in [-0.15, -0.1) is 0 Å². The summed E-state index contributed by atoms with van der Waals surface area (Å²) < 4.78 is 67.3. The number of nitrogens with one attached hydrogen (secondary N) is 1. The fourth-order valence-electron chi connectivity index (χ4n) is 3.94. The van der Waals surface area contributed by atoms with Gasteiger partial charge in [0.1, 0.15) is 0 Å².